The Balaban J connectivity index is 1.69. The Morgan fingerprint density at radius 1 is 1.16 bits per heavy atom. The minimum atomic E-state index is -3.78. The second-order valence-electron chi connectivity index (χ2n) is 7.02. The molecule has 0 saturated carbocycles. The number of nitrogens with zero attached hydrogens (tertiary/aromatic N) is 1. The number of amides is 2. The van der Waals surface area contributed by atoms with Crippen LogP contribution in [0.3, 0.4) is 0 Å². The molecule has 0 unspecified atom stereocenters. The lowest BCUT2D eigenvalue weighted by Crippen LogP contribution is -2.26. The Labute approximate surface area is 188 Å². The van der Waals surface area contributed by atoms with Gasteiger partial charge in [0.05, 0.1) is 23.3 Å². The molecule has 0 aliphatic carbocycles. The predicted molar refractivity (Wildman–Crippen MR) is 119 cm³/mol. The van der Waals surface area contributed by atoms with E-state index in [2.05, 4.69) is 26.0 Å². The lowest BCUT2D eigenvalue weighted by Gasteiger charge is -2.16. The van der Waals surface area contributed by atoms with Crippen molar-refractivity contribution in [3.05, 3.63) is 52.0 Å². The number of hydrogen-bond acceptors (Lipinski definition) is 6. The normalized spacial score (nSPS) is 12.9. The number of halogens is 1. The quantitative estimate of drug-likeness (QED) is 0.600. The van der Waals surface area contributed by atoms with E-state index in [1.807, 2.05) is 0 Å². The molecule has 1 N–H and O–H groups in total. The summed E-state index contributed by atoms with van der Waals surface area (Å²) in [5.74, 6) is -1.51. The molecule has 2 aromatic carbocycles. The second kappa shape index (κ2) is 9.19. The third-order valence-corrected chi connectivity index (χ3v) is 7.60. The van der Waals surface area contributed by atoms with Crippen molar-refractivity contribution in [3.63, 3.8) is 0 Å². The van der Waals surface area contributed by atoms with Gasteiger partial charge in [-0.1, -0.05) is 0 Å². The minimum absolute atomic E-state index is 0.0506. The SMILES string of the molecule is COC(=O)c1ccc(NC(=O)CCS(=O)(=O)c2cc3c(cc2Br)CCN3C(C)=O)cc1. The van der Waals surface area contributed by atoms with E-state index in [0.29, 0.717) is 34.4 Å². The zero-order valence-corrected chi connectivity index (χ0v) is 19.4. The molecular weight excluding hydrogens is 488 g/mol. The molecule has 3 rings (SSSR count). The van der Waals surface area contributed by atoms with Gasteiger partial charge < -0.3 is 15.0 Å². The largest absolute Gasteiger partial charge is 0.465 e. The number of esters is 1. The smallest absolute Gasteiger partial charge is 0.337 e. The van der Waals surface area contributed by atoms with Gasteiger partial charge in [0.25, 0.3) is 0 Å². The van der Waals surface area contributed by atoms with Gasteiger partial charge in [0.2, 0.25) is 11.8 Å². The first-order chi connectivity index (χ1) is 14.6. The van der Waals surface area contributed by atoms with Crippen LogP contribution in [0, 0.1) is 0 Å². The molecule has 10 heteroatoms. The highest BCUT2D eigenvalue weighted by Gasteiger charge is 2.27. The van der Waals surface area contributed by atoms with Crippen molar-refractivity contribution in [2.24, 2.45) is 0 Å². The van der Waals surface area contributed by atoms with Gasteiger partial charge in [0, 0.05) is 35.7 Å². The third kappa shape index (κ3) is 5.13. The maximum atomic E-state index is 12.9. The summed E-state index contributed by atoms with van der Waals surface area (Å²) in [7, 11) is -2.50. The van der Waals surface area contributed by atoms with Crippen LogP contribution in [0.15, 0.2) is 45.8 Å². The van der Waals surface area contributed by atoms with Crippen molar-refractivity contribution in [2.45, 2.75) is 24.7 Å². The summed E-state index contributed by atoms with van der Waals surface area (Å²) >= 11 is 3.31. The average Bonchev–Trinajstić information content (AvgIpc) is 3.14. The molecule has 0 fully saturated rings. The van der Waals surface area contributed by atoms with Crippen molar-refractivity contribution < 1.29 is 27.5 Å². The minimum Gasteiger partial charge on any atom is -0.465 e. The van der Waals surface area contributed by atoms with Gasteiger partial charge in [-0.15, -0.1) is 0 Å². The van der Waals surface area contributed by atoms with Crippen LogP contribution in [-0.4, -0.2) is 45.6 Å². The van der Waals surface area contributed by atoms with Crippen molar-refractivity contribution >= 4 is 54.9 Å². The number of rotatable bonds is 6. The number of hydrogen-bond donors (Lipinski definition) is 1. The topological polar surface area (TPSA) is 110 Å². The lowest BCUT2D eigenvalue weighted by molar-refractivity contribution is -0.117. The number of ether oxygens (including phenoxy) is 1. The molecule has 1 aliphatic heterocycles. The van der Waals surface area contributed by atoms with Crippen molar-refractivity contribution in [1.82, 2.24) is 0 Å². The van der Waals surface area contributed by atoms with Gasteiger partial charge in [-0.25, -0.2) is 13.2 Å². The number of nitrogens with one attached hydrogen (secondary N) is 1. The maximum Gasteiger partial charge on any atom is 0.337 e. The van der Waals surface area contributed by atoms with Gasteiger partial charge in [0.15, 0.2) is 9.84 Å². The molecule has 8 nitrogen and oxygen atoms in total. The van der Waals surface area contributed by atoms with Crippen molar-refractivity contribution in [1.29, 1.82) is 0 Å². The van der Waals surface area contributed by atoms with Crippen molar-refractivity contribution in [2.75, 3.05) is 29.6 Å². The molecule has 0 saturated heterocycles. The first-order valence-electron chi connectivity index (χ1n) is 9.44. The second-order valence-corrected chi connectivity index (χ2v) is 9.95. The van der Waals surface area contributed by atoms with Gasteiger partial charge in [-0.2, -0.15) is 0 Å². The van der Waals surface area contributed by atoms with Crippen LogP contribution in [0.1, 0.15) is 29.3 Å². The molecule has 2 aromatic rings. The van der Waals surface area contributed by atoms with E-state index >= 15 is 0 Å². The summed E-state index contributed by atoms with van der Waals surface area (Å²) in [6.07, 6.45) is 0.409. The fraction of sp³-hybridized carbons (Fsp3) is 0.286. The predicted octanol–water partition coefficient (Wildman–Crippen LogP) is 2.95. The first kappa shape index (κ1) is 23.0. The zero-order valence-electron chi connectivity index (χ0n) is 17.0. The standard InChI is InChI=1S/C21H21BrN2O6S/c1-13(25)24-9-7-15-11-17(22)19(12-18(15)24)31(28,29)10-8-20(26)23-16-5-3-14(4-6-16)21(27)30-2/h3-6,11-12H,7-10H2,1-2H3,(H,23,26). The molecule has 0 bridgehead atoms. The number of carbonyl (C=O) groups is 3. The number of methoxy groups -OCH3 is 1. The number of sulfone groups is 1. The lowest BCUT2D eigenvalue weighted by atomic mass is 10.2. The van der Waals surface area contributed by atoms with Crippen LogP contribution in [0.5, 0.6) is 0 Å². The summed E-state index contributed by atoms with van der Waals surface area (Å²) in [5, 5.41) is 2.61. The Kier molecular flexibility index (Phi) is 6.80. The Morgan fingerprint density at radius 2 is 1.84 bits per heavy atom. The highest BCUT2D eigenvalue weighted by Crippen LogP contribution is 2.36. The number of fused-ring (bicyclic) bond motifs is 1. The number of anilines is 2. The fourth-order valence-electron chi connectivity index (χ4n) is 3.32. The van der Waals surface area contributed by atoms with Crippen LogP contribution in [-0.2, 0) is 30.6 Å². The monoisotopic (exact) mass is 508 g/mol. The molecule has 1 heterocycles. The van der Waals surface area contributed by atoms with Gasteiger partial charge in [0.1, 0.15) is 0 Å². The van der Waals surface area contributed by atoms with Crippen molar-refractivity contribution in [3.8, 4) is 0 Å². The molecule has 31 heavy (non-hydrogen) atoms. The summed E-state index contributed by atoms with van der Waals surface area (Å²) < 4.78 is 30.8. The molecule has 2 amide bonds. The number of carbonyl (C=O) groups excluding carboxylic acids is 3. The Bertz CT molecular complexity index is 1150. The van der Waals surface area contributed by atoms with Gasteiger partial charge in [-0.05, 0) is 64.3 Å². The maximum absolute atomic E-state index is 12.9. The zero-order chi connectivity index (χ0) is 22.8. The summed E-state index contributed by atoms with van der Waals surface area (Å²) in [6.45, 7) is 1.95. The van der Waals surface area contributed by atoms with Crippen LogP contribution in [0.25, 0.3) is 0 Å². The van der Waals surface area contributed by atoms with Gasteiger partial charge >= 0.3 is 5.97 Å². The van der Waals surface area contributed by atoms with Crippen LogP contribution < -0.4 is 10.2 Å². The van der Waals surface area contributed by atoms with E-state index in [9.17, 15) is 22.8 Å². The molecule has 164 valence electrons. The summed E-state index contributed by atoms with van der Waals surface area (Å²) in [5.41, 5.74) is 2.26. The molecule has 0 aromatic heterocycles. The number of benzene rings is 2. The van der Waals surface area contributed by atoms with Crippen LogP contribution in [0.2, 0.25) is 0 Å². The average molecular weight is 509 g/mol. The Morgan fingerprint density at radius 3 is 2.45 bits per heavy atom. The van der Waals surface area contributed by atoms with E-state index in [-0.39, 0.29) is 17.2 Å². The molecule has 0 radical (unpaired) electrons. The molecule has 0 atom stereocenters. The molecule has 1 aliphatic rings. The first-order valence-corrected chi connectivity index (χ1v) is 11.9. The molecular formula is C21H21BrN2O6S. The van der Waals surface area contributed by atoms with Crippen LogP contribution >= 0.6 is 15.9 Å². The highest BCUT2D eigenvalue weighted by atomic mass is 79.9. The van der Waals surface area contributed by atoms with E-state index in [1.165, 1.54) is 44.4 Å². The third-order valence-electron chi connectivity index (χ3n) is 4.93. The Hall–Kier alpha value is -2.72. The fourth-order valence-corrected chi connectivity index (χ4v) is 5.77. The van der Waals surface area contributed by atoms with E-state index in [4.69, 9.17) is 0 Å². The highest BCUT2D eigenvalue weighted by molar-refractivity contribution is 9.10. The van der Waals surface area contributed by atoms with E-state index < -0.39 is 27.5 Å². The van der Waals surface area contributed by atoms with Crippen LogP contribution in [0.4, 0.5) is 11.4 Å². The van der Waals surface area contributed by atoms with Gasteiger partial charge in [-0.3, -0.25) is 9.59 Å². The summed E-state index contributed by atoms with van der Waals surface area (Å²) in [4.78, 5) is 37.1. The molecule has 0 spiro atoms. The van der Waals surface area contributed by atoms with E-state index in [0.717, 1.165) is 5.56 Å². The summed E-state index contributed by atoms with van der Waals surface area (Å²) in [6, 6.07) is 9.28. The van der Waals surface area contributed by atoms with E-state index in [1.54, 1.807) is 11.0 Å².